The summed E-state index contributed by atoms with van der Waals surface area (Å²) in [5.74, 6) is 0.115. The summed E-state index contributed by atoms with van der Waals surface area (Å²) in [5, 5.41) is 0. The van der Waals surface area contributed by atoms with Gasteiger partial charge in [-0.15, -0.1) is 0 Å². The molecule has 13 heavy (non-hydrogen) atoms. The third kappa shape index (κ3) is 1.24. The molecule has 2 heterocycles. The van der Waals surface area contributed by atoms with Crippen LogP contribution in [0.3, 0.4) is 0 Å². The van der Waals surface area contributed by atoms with Gasteiger partial charge in [-0.25, -0.2) is 0 Å². The highest BCUT2D eigenvalue weighted by Crippen LogP contribution is 2.14. The molecule has 0 aliphatic carbocycles. The van der Waals surface area contributed by atoms with Crippen molar-refractivity contribution in [1.29, 1.82) is 0 Å². The second-order valence-corrected chi connectivity index (χ2v) is 3.29. The number of fused-ring (bicyclic) bond motifs is 1. The Hall–Kier alpha value is -1.57. The molecule has 0 atom stereocenters. The van der Waals surface area contributed by atoms with Gasteiger partial charge in [0.1, 0.15) is 0 Å². The van der Waals surface area contributed by atoms with E-state index in [1.54, 1.807) is 6.92 Å². The molecule has 0 radical (unpaired) electrons. The number of rotatable bonds is 1. The van der Waals surface area contributed by atoms with Crippen LogP contribution < -0.4 is 0 Å². The van der Waals surface area contributed by atoms with Crippen LogP contribution in [0.2, 0.25) is 0 Å². The lowest BCUT2D eigenvalue weighted by molar-refractivity contribution is 0.101. The van der Waals surface area contributed by atoms with Crippen molar-refractivity contribution < 1.29 is 4.79 Å². The predicted octanol–water partition coefficient (Wildman–Crippen LogP) is 2.45. The maximum Gasteiger partial charge on any atom is 0.161 e. The molecule has 2 nitrogen and oxygen atoms in total. The molecule has 0 aliphatic rings. The summed E-state index contributed by atoms with van der Waals surface area (Å²) < 4.78 is 1.98. The van der Waals surface area contributed by atoms with Gasteiger partial charge >= 0.3 is 0 Å². The molecule has 0 saturated heterocycles. The zero-order valence-electron chi connectivity index (χ0n) is 7.74. The quantitative estimate of drug-likeness (QED) is 0.607. The average molecular weight is 173 g/mol. The first-order chi connectivity index (χ1) is 6.18. The molecule has 0 N–H and O–H groups in total. The number of aromatic nitrogens is 1. The molecule has 0 fully saturated rings. The van der Waals surface area contributed by atoms with Crippen molar-refractivity contribution in [2.24, 2.45) is 0 Å². The Labute approximate surface area is 76.8 Å². The fourth-order valence-corrected chi connectivity index (χ4v) is 1.57. The summed E-state index contributed by atoms with van der Waals surface area (Å²) in [6.45, 7) is 3.62. The minimum absolute atomic E-state index is 0.115. The monoisotopic (exact) mass is 173 g/mol. The molecule has 2 rings (SSSR count). The molecule has 0 spiro atoms. The molecular formula is C11H11NO. The Balaban J connectivity index is 2.82. The SMILES string of the molecule is CC(=O)c1cccn2cc(C)cc12. The molecule has 2 heteroatoms. The Morgan fingerprint density at radius 3 is 2.92 bits per heavy atom. The van der Waals surface area contributed by atoms with Gasteiger partial charge in [0.25, 0.3) is 0 Å². The molecule has 0 saturated carbocycles. The van der Waals surface area contributed by atoms with Gasteiger partial charge in [0.15, 0.2) is 5.78 Å². The Bertz CT molecular complexity index is 468. The number of carbonyl (C=O) groups excluding carboxylic acids is 1. The second-order valence-electron chi connectivity index (χ2n) is 3.29. The number of nitrogens with zero attached hydrogens (tertiary/aromatic N) is 1. The van der Waals surface area contributed by atoms with E-state index in [0.717, 1.165) is 11.1 Å². The molecule has 66 valence electrons. The second kappa shape index (κ2) is 2.73. The maximum absolute atomic E-state index is 11.3. The van der Waals surface area contributed by atoms with E-state index in [-0.39, 0.29) is 5.78 Å². The lowest BCUT2D eigenvalue weighted by Crippen LogP contribution is -1.95. The number of hydrogen-bond acceptors (Lipinski definition) is 1. The molecule has 0 bridgehead atoms. The van der Waals surface area contributed by atoms with Crippen molar-refractivity contribution in [1.82, 2.24) is 4.40 Å². The maximum atomic E-state index is 11.3. The van der Waals surface area contributed by atoms with Gasteiger partial charge in [-0.05, 0) is 37.6 Å². The van der Waals surface area contributed by atoms with Crippen LogP contribution in [0.5, 0.6) is 0 Å². The number of ketones is 1. The summed E-state index contributed by atoms with van der Waals surface area (Å²) in [5.41, 5.74) is 2.96. The van der Waals surface area contributed by atoms with E-state index in [4.69, 9.17) is 0 Å². The Morgan fingerprint density at radius 1 is 1.46 bits per heavy atom. The molecular weight excluding hydrogens is 162 g/mol. The van der Waals surface area contributed by atoms with Crippen LogP contribution in [0.25, 0.3) is 5.52 Å². The first-order valence-electron chi connectivity index (χ1n) is 4.27. The highest BCUT2D eigenvalue weighted by molar-refractivity contribution is 6.00. The Kier molecular flexibility index (Phi) is 1.69. The third-order valence-electron chi connectivity index (χ3n) is 2.15. The molecule has 0 aliphatic heterocycles. The van der Waals surface area contributed by atoms with E-state index >= 15 is 0 Å². The van der Waals surface area contributed by atoms with E-state index in [2.05, 4.69) is 0 Å². The fraction of sp³-hybridized carbons (Fsp3) is 0.182. The normalized spacial score (nSPS) is 10.6. The van der Waals surface area contributed by atoms with E-state index in [0.29, 0.717) is 0 Å². The van der Waals surface area contributed by atoms with Gasteiger partial charge in [0, 0.05) is 18.0 Å². The van der Waals surface area contributed by atoms with Crippen molar-refractivity contribution in [3.8, 4) is 0 Å². The van der Waals surface area contributed by atoms with Gasteiger partial charge in [0.05, 0.1) is 5.52 Å². The van der Waals surface area contributed by atoms with Crippen LogP contribution in [0, 0.1) is 6.92 Å². The van der Waals surface area contributed by atoms with E-state index in [1.165, 1.54) is 5.56 Å². The Morgan fingerprint density at radius 2 is 2.23 bits per heavy atom. The largest absolute Gasteiger partial charge is 0.323 e. The van der Waals surface area contributed by atoms with Gasteiger partial charge in [0.2, 0.25) is 0 Å². The van der Waals surface area contributed by atoms with Crippen molar-refractivity contribution in [2.75, 3.05) is 0 Å². The summed E-state index contributed by atoms with van der Waals surface area (Å²) in [6, 6.07) is 5.77. The van der Waals surface area contributed by atoms with Crippen molar-refractivity contribution in [3.63, 3.8) is 0 Å². The zero-order chi connectivity index (χ0) is 9.42. The number of Topliss-reactive ketones (excluding diaryl/α,β-unsaturated/α-hetero) is 1. The number of hydrogen-bond donors (Lipinski definition) is 0. The first kappa shape index (κ1) is 8.05. The average Bonchev–Trinajstić information content (AvgIpc) is 2.43. The lowest BCUT2D eigenvalue weighted by Gasteiger charge is -1.98. The van der Waals surface area contributed by atoms with Crippen LogP contribution >= 0.6 is 0 Å². The van der Waals surface area contributed by atoms with Gasteiger partial charge < -0.3 is 4.40 Å². The van der Waals surface area contributed by atoms with Crippen LogP contribution in [0.15, 0.2) is 30.6 Å². The van der Waals surface area contributed by atoms with E-state index < -0.39 is 0 Å². The van der Waals surface area contributed by atoms with Crippen molar-refractivity contribution in [2.45, 2.75) is 13.8 Å². The molecule has 0 unspecified atom stereocenters. The topological polar surface area (TPSA) is 21.5 Å². The smallest absolute Gasteiger partial charge is 0.161 e. The van der Waals surface area contributed by atoms with Crippen LogP contribution in [0.1, 0.15) is 22.8 Å². The highest BCUT2D eigenvalue weighted by atomic mass is 16.1. The van der Waals surface area contributed by atoms with Crippen LogP contribution in [-0.4, -0.2) is 10.2 Å². The van der Waals surface area contributed by atoms with Crippen LogP contribution in [0.4, 0.5) is 0 Å². The van der Waals surface area contributed by atoms with E-state index in [1.807, 2.05) is 41.9 Å². The van der Waals surface area contributed by atoms with Crippen LogP contribution in [-0.2, 0) is 0 Å². The predicted molar refractivity (Wildman–Crippen MR) is 52.1 cm³/mol. The standard InChI is InChI=1S/C11H11NO/c1-8-6-11-10(9(2)13)4-3-5-12(11)7-8/h3-7H,1-2H3. The molecule has 2 aromatic rings. The third-order valence-corrected chi connectivity index (χ3v) is 2.15. The summed E-state index contributed by atoms with van der Waals surface area (Å²) >= 11 is 0. The fourth-order valence-electron chi connectivity index (χ4n) is 1.57. The zero-order valence-corrected chi connectivity index (χ0v) is 7.74. The molecule has 2 aromatic heterocycles. The van der Waals surface area contributed by atoms with Crippen molar-refractivity contribution in [3.05, 3.63) is 41.7 Å². The van der Waals surface area contributed by atoms with Gasteiger partial charge in [-0.2, -0.15) is 0 Å². The van der Waals surface area contributed by atoms with Gasteiger partial charge in [-0.1, -0.05) is 0 Å². The molecule has 0 amide bonds. The van der Waals surface area contributed by atoms with Crippen molar-refractivity contribution >= 4 is 11.3 Å². The van der Waals surface area contributed by atoms with Gasteiger partial charge in [-0.3, -0.25) is 4.79 Å². The highest BCUT2D eigenvalue weighted by Gasteiger charge is 2.05. The summed E-state index contributed by atoms with van der Waals surface area (Å²) in [7, 11) is 0. The summed E-state index contributed by atoms with van der Waals surface area (Å²) in [4.78, 5) is 11.3. The number of carbonyl (C=O) groups is 1. The first-order valence-corrected chi connectivity index (χ1v) is 4.27. The lowest BCUT2D eigenvalue weighted by atomic mass is 10.1. The number of aryl methyl sites for hydroxylation is 1. The summed E-state index contributed by atoms with van der Waals surface area (Å²) in [6.07, 6.45) is 3.97. The molecule has 0 aromatic carbocycles. The number of pyridine rings is 1. The minimum Gasteiger partial charge on any atom is -0.323 e. The minimum atomic E-state index is 0.115. The van der Waals surface area contributed by atoms with E-state index in [9.17, 15) is 4.79 Å².